The van der Waals surface area contributed by atoms with Crippen LogP contribution in [-0.4, -0.2) is 39.2 Å². The minimum Gasteiger partial charge on any atom is -0.306 e. The minimum absolute atomic E-state index is 0.739. The maximum Gasteiger partial charge on any atom is 0.156 e. The molecule has 0 aliphatic carbocycles. The van der Waals surface area contributed by atoms with Crippen molar-refractivity contribution >= 4 is 22.3 Å². The topological polar surface area (TPSA) is 89.1 Å². The fourth-order valence-corrected chi connectivity index (χ4v) is 3.17. The lowest BCUT2D eigenvalue weighted by Crippen LogP contribution is -1.92. The number of aromatic nitrogens is 8. The number of H-pyrrole nitrogens is 1. The summed E-state index contributed by atoms with van der Waals surface area (Å²) in [6.07, 6.45) is 7.58. The molecule has 0 aliphatic heterocycles. The van der Waals surface area contributed by atoms with Gasteiger partial charge in [-0.1, -0.05) is 6.07 Å². The monoisotopic (exact) mass is 352 g/mol. The number of imidazole rings is 1. The third kappa shape index (κ3) is 2.20. The fourth-order valence-electron chi connectivity index (χ4n) is 3.17. The number of fused-ring (bicyclic) bond motifs is 3. The van der Waals surface area contributed by atoms with Crippen LogP contribution in [0.25, 0.3) is 45.1 Å². The van der Waals surface area contributed by atoms with E-state index in [1.165, 1.54) is 0 Å². The normalized spacial score (nSPS) is 11.7. The molecule has 27 heavy (non-hydrogen) atoms. The van der Waals surface area contributed by atoms with Crippen molar-refractivity contribution in [2.75, 3.05) is 0 Å². The van der Waals surface area contributed by atoms with E-state index < -0.39 is 0 Å². The molecule has 0 aliphatic rings. The number of nitrogens with zero attached hydrogens (tertiary/aromatic N) is 7. The molecule has 128 valence electrons. The van der Waals surface area contributed by atoms with Crippen molar-refractivity contribution in [2.45, 2.75) is 0 Å². The third-order valence-corrected chi connectivity index (χ3v) is 4.51. The van der Waals surface area contributed by atoms with Crippen molar-refractivity contribution in [1.29, 1.82) is 0 Å². The molecule has 0 saturated carbocycles. The highest BCUT2D eigenvalue weighted by atomic mass is 15.3. The van der Waals surface area contributed by atoms with E-state index >= 15 is 0 Å². The van der Waals surface area contributed by atoms with E-state index in [4.69, 9.17) is 4.98 Å². The highest BCUT2D eigenvalue weighted by Gasteiger charge is 2.11. The van der Waals surface area contributed by atoms with E-state index in [0.717, 1.165) is 45.1 Å². The number of nitrogens with one attached hydrogen (secondary N) is 1. The van der Waals surface area contributed by atoms with Crippen LogP contribution in [0.2, 0.25) is 0 Å². The largest absolute Gasteiger partial charge is 0.306 e. The maximum atomic E-state index is 4.72. The van der Waals surface area contributed by atoms with Crippen molar-refractivity contribution in [2.24, 2.45) is 0 Å². The number of hydrogen-bond acceptors (Lipinski definition) is 5. The molecule has 0 atom stereocenters. The van der Waals surface area contributed by atoms with Gasteiger partial charge in [-0.15, -0.1) is 0 Å². The Morgan fingerprint density at radius 1 is 0.778 bits per heavy atom. The Kier molecular flexibility index (Phi) is 2.73. The van der Waals surface area contributed by atoms with E-state index in [1.54, 1.807) is 10.7 Å². The lowest BCUT2D eigenvalue weighted by molar-refractivity contribution is 0.941. The molecule has 0 radical (unpaired) electrons. The fraction of sp³-hybridized carbons (Fsp3) is 0. The van der Waals surface area contributed by atoms with Gasteiger partial charge in [-0.2, -0.15) is 10.2 Å². The molecule has 6 heterocycles. The zero-order valence-electron chi connectivity index (χ0n) is 14.0. The minimum atomic E-state index is 0.739. The van der Waals surface area contributed by atoms with Gasteiger partial charge < -0.3 is 4.40 Å². The average molecular weight is 352 g/mol. The van der Waals surface area contributed by atoms with Crippen LogP contribution in [0.3, 0.4) is 0 Å². The van der Waals surface area contributed by atoms with Gasteiger partial charge in [0.2, 0.25) is 0 Å². The number of rotatable bonds is 2. The summed E-state index contributed by atoms with van der Waals surface area (Å²) >= 11 is 0. The zero-order valence-corrected chi connectivity index (χ0v) is 14.0. The lowest BCUT2D eigenvalue weighted by atomic mass is 10.2. The summed E-state index contributed by atoms with van der Waals surface area (Å²) in [6, 6.07) is 13.7. The molecule has 8 nitrogen and oxygen atoms in total. The summed E-state index contributed by atoms with van der Waals surface area (Å²) in [5, 5.41) is 12.4. The van der Waals surface area contributed by atoms with Crippen LogP contribution in [-0.2, 0) is 0 Å². The van der Waals surface area contributed by atoms with Crippen LogP contribution < -0.4 is 0 Å². The first-order chi connectivity index (χ1) is 13.3. The quantitative estimate of drug-likeness (QED) is 0.517. The number of aromatic amines is 1. The molecule has 0 amide bonds. The highest BCUT2D eigenvalue weighted by molar-refractivity contribution is 5.77. The molecular weight excluding hydrogens is 340 g/mol. The first-order valence-corrected chi connectivity index (χ1v) is 8.44. The smallest absolute Gasteiger partial charge is 0.156 e. The van der Waals surface area contributed by atoms with E-state index in [2.05, 4.69) is 25.3 Å². The third-order valence-electron chi connectivity index (χ3n) is 4.51. The Morgan fingerprint density at radius 3 is 2.67 bits per heavy atom. The van der Waals surface area contributed by atoms with E-state index in [9.17, 15) is 0 Å². The maximum absolute atomic E-state index is 4.72. The molecule has 6 rings (SSSR count). The molecule has 0 bridgehead atoms. The second-order valence-corrected chi connectivity index (χ2v) is 6.24. The van der Waals surface area contributed by atoms with Gasteiger partial charge in [0.25, 0.3) is 0 Å². The van der Waals surface area contributed by atoms with Gasteiger partial charge in [0.05, 0.1) is 17.6 Å². The van der Waals surface area contributed by atoms with E-state index in [1.807, 2.05) is 65.5 Å². The van der Waals surface area contributed by atoms with Crippen molar-refractivity contribution in [1.82, 2.24) is 39.2 Å². The second kappa shape index (κ2) is 5.21. The molecule has 0 spiro atoms. The van der Waals surface area contributed by atoms with Gasteiger partial charge in [-0.3, -0.25) is 5.10 Å². The van der Waals surface area contributed by atoms with Gasteiger partial charge >= 0.3 is 0 Å². The second-order valence-electron chi connectivity index (χ2n) is 6.24. The predicted molar refractivity (Wildman–Crippen MR) is 100 cm³/mol. The lowest BCUT2D eigenvalue weighted by Gasteiger charge is -1.96. The van der Waals surface area contributed by atoms with Crippen molar-refractivity contribution in [3.63, 3.8) is 0 Å². The molecule has 0 fully saturated rings. The highest BCUT2D eigenvalue weighted by Crippen LogP contribution is 2.22. The van der Waals surface area contributed by atoms with Crippen LogP contribution in [0.5, 0.6) is 0 Å². The first-order valence-electron chi connectivity index (χ1n) is 8.44. The summed E-state index contributed by atoms with van der Waals surface area (Å²) < 4.78 is 3.72. The standard InChI is InChI=1S/C19H12N8/c1-2-7-26-11-16(22-17(26)3-1)14-6-8-27-18(21-14)9-15(25-27)13-5-4-12-10-20-24-19(12)23-13/h1-11H,(H,20,23,24). The van der Waals surface area contributed by atoms with Crippen LogP contribution in [0.1, 0.15) is 0 Å². The van der Waals surface area contributed by atoms with Crippen molar-refractivity contribution in [3.8, 4) is 22.8 Å². The molecule has 6 aromatic rings. The van der Waals surface area contributed by atoms with Gasteiger partial charge in [-0.25, -0.2) is 19.5 Å². The first kappa shape index (κ1) is 14.1. The summed E-state index contributed by atoms with van der Waals surface area (Å²) in [5.74, 6) is 0. The molecule has 6 aromatic heterocycles. The Balaban J connectivity index is 1.46. The molecular formula is C19H12N8. The number of hydrogen-bond donors (Lipinski definition) is 1. The van der Waals surface area contributed by atoms with Crippen LogP contribution in [0.15, 0.2) is 67.3 Å². The zero-order chi connectivity index (χ0) is 17.8. The van der Waals surface area contributed by atoms with Gasteiger partial charge in [0.1, 0.15) is 17.0 Å². The summed E-state index contributed by atoms with van der Waals surface area (Å²) in [4.78, 5) is 13.9. The van der Waals surface area contributed by atoms with Crippen molar-refractivity contribution in [3.05, 3.63) is 67.3 Å². The SMILES string of the molecule is c1ccn2cc(-c3ccn4nc(-c5ccc6cn[nH]c6n5)cc4n3)nc2c1. The molecule has 0 saturated heterocycles. The Bertz CT molecular complexity index is 1410. The summed E-state index contributed by atoms with van der Waals surface area (Å²) in [5.41, 5.74) is 5.52. The predicted octanol–water partition coefficient (Wildman–Crippen LogP) is 2.98. The molecule has 1 N–H and O–H groups in total. The molecule has 0 aromatic carbocycles. The summed E-state index contributed by atoms with van der Waals surface area (Å²) in [7, 11) is 0. The van der Waals surface area contributed by atoms with Crippen LogP contribution >= 0.6 is 0 Å². The summed E-state index contributed by atoms with van der Waals surface area (Å²) in [6.45, 7) is 0. The average Bonchev–Trinajstić information content (AvgIpc) is 3.42. The Morgan fingerprint density at radius 2 is 1.70 bits per heavy atom. The van der Waals surface area contributed by atoms with Crippen molar-refractivity contribution < 1.29 is 0 Å². The Labute approximate surface area is 152 Å². The van der Waals surface area contributed by atoms with Gasteiger partial charge in [0, 0.05) is 30.0 Å². The van der Waals surface area contributed by atoms with Crippen LogP contribution in [0.4, 0.5) is 0 Å². The van der Waals surface area contributed by atoms with E-state index in [-0.39, 0.29) is 0 Å². The van der Waals surface area contributed by atoms with Crippen LogP contribution in [0, 0.1) is 0 Å². The Hall–Kier alpha value is -4.07. The molecule has 0 unspecified atom stereocenters. The van der Waals surface area contributed by atoms with E-state index in [0.29, 0.717) is 0 Å². The van der Waals surface area contributed by atoms with Gasteiger partial charge in [0.15, 0.2) is 11.3 Å². The number of pyridine rings is 2. The molecule has 8 heteroatoms. The van der Waals surface area contributed by atoms with Gasteiger partial charge in [-0.05, 0) is 30.3 Å².